The van der Waals surface area contributed by atoms with E-state index in [0.717, 1.165) is 28.9 Å². The lowest BCUT2D eigenvalue weighted by Crippen LogP contribution is -2.37. The van der Waals surface area contributed by atoms with Gasteiger partial charge in [0, 0.05) is 6.42 Å². The second kappa shape index (κ2) is 10.2. The van der Waals surface area contributed by atoms with Crippen LogP contribution in [0.25, 0.3) is 0 Å². The summed E-state index contributed by atoms with van der Waals surface area (Å²) in [6.45, 7) is 13.2. The van der Waals surface area contributed by atoms with Crippen molar-refractivity contribution in [3.63, 3.8) is 0 Å². The Bertz CT molecular complexity index is 984. The number of fused-ring (bicyclic) bond motifs is 1. The Balaban J connectivity index is 1.45. The molecule has 0 spiro atoms. The molecule has 3 N–H and O–H groups in total. The predicted molar refractivity (Wildman–Crippen MR) is 141 cm³/mol. The molecule has 192 valence electrons. The third kappa shape index (κ3) is 5.60. The molecule has 3 fully saturated rings. The molecule has 4 heteroatoms. The fourth-order valence-electron chi connectivity index (χ4n) is 6.99. The van der Waals surface area contributed by atoms with Crippen molar-refractivity contribution < 1.29 is 20.1 Å². The van der Waals surface area contributed by atoms with Crippen molar-refractivity contribution in [1.29, 1.82) is 0 Å². The first-order chi connectivity index (χ1) is 16.5. The van der Waals surface area contributed by atoms with E-state index in [9.17, 15) is 15.3 Å². The number of benzene rings is 1. The molecule has 0 aliphatic heterocycles. The molecule has 0 saturated heterocycles. The molecule has 0 aromatic heterocycles. The van der Waals surface area contributed by atoms with Crippen molar-refractivity contribution in [2.75, 3.05) is 6.61 Å². The van der Waals surface area contributed by atoms with Crippen molar-refractivity contribution >= 4 is 0 Å². The maximum absolute atomic E-state index is 10.3. The molecule has 6 atom stereocenters. The van der Waals surface area contributed by atoms with E-state index in [2.05, 4.69) is 32.6 Å². The molecule has 0 radical (unpaired) electrons. The summed E-state index contributed by atoms with van der Waals surface area (Å²) in [6, 6.07) is 7.82. The smallest absolute Gasteiger partial charge is 0.119 e. The van der Waals surface area contributed by atoms with Crippen molar-refractivity contribution in [2.24, 2.45) is 23.2 Å². The van der Waals surface area contributed by atoms with E-state index < -0.39 is 17.8 Å². The van der Waals surface area contributed by atoms with Crippen LogP contribution in [0.5, 0.6) is 5.75 Å². The van der Waals surface area contributed by atoms with Gasteiger partial charge >= 0.3 is 0 Å². The SMILES string of the molecule is C=C1/C(=C\C=C2/CCC[C@]3(C)[C@@H]([C@H](C)COc4cccc(C(C)(C)O)c4)CC[C@@H]23)C[C@@H](O)C[C@@H]1O. The molecule has 4 nitrogen and oxygen atoms in total. The second-order valence-corrected chi connectivity index (χ2v) is 12.0. The van der Waals surface area contributed by atoms with E-state index in [4.69, 9.17) is 4.74 Å². The first-order valence-corrected chi connectivity index (χ1v) is 13.4. The van der Waals surface area contributed by atoms with Gasteiger partial charge in [-0.15, -0.1) is 0 Å². The molecule has 0 heterocycles. The highest BCUT2D eigenvalue weighted by Crippen LogP contribution is 2.59. The van der Waals surface area contributed by atoms with Gasteiger partial charge in [-0.25, -0.2) is 0 Å². The van der Waals surface area contributed by atoms with Crippen LogP contribution in [0.3, 0.4) is 0 Å². The maximum atomic E-state index is 10.3. The van der Waals surface area contributed by atoms with Crippen LogP contribution in [0, 0.1) is 23.2 Å². The third-order valence-corrected chi connectivity index (χ3v) is 9.04. The zero-order chi connectivity index (χ0) is 25.4. The average molecular weight is 481 g/mol. The zero-order valence-corrected chi connectivity index (χ0v) is 22.0. The quantitative estimate of drug-likeness (QED) is 0.462. The van der Waals surface area contributed by atoms with Crippen molar-refractivity contribution in [3.8, 4) is 5.75 Å². The van der Waals surface area contributed by atoms with Gasteiger partial charge in [-0.2, -0.15) is 0 Å². The normalized spacial score (nSPS) is 34.8. The summed E-state index contributed by atoms with van der Waals surface area (Å²) >= 11 is 0. The third-order valence-electron chi connectivity index (χ3n) is 9.04. The Labute approximate surface area is 211 Å². The molecule has 3 saturated carbocycles. The van der Waals surface area contributed by atoms with Crippen molar-refractivity contribution in [3.05, 3.63) is 65.3 Å². The standard InChI is InChI=1S/C31H44O4/c1-20(19-35-26-10-6-9-24(17-26)30(3,4)34)27-13-14-28-22(8-7-15-31(27,28)5)11-12-23-16-25(32)18-29(33)21(23)2/h6,9-12,17,20,25,27-29,32-34H,2,7-8,13-16,18-19H2,1,3-5H3/b22-11+,23-12-/t20-,25-,27-,28+,29+,31-/m1/s1. The van der Waals surface area contributed by atoms with Crippen LogP contribution >= 0.6 is 0 Å². The minimum absolute atomic E-state index is 0.267. The van der Waals surface area contributed by atoms with Crippen LogP contribution in [0.4, 0.5) is 0 Å². The molecule has 0 unspecified atom stereocenters. The van der Waals surface area contributed by atoms with Crippen LogP contribution in [-0.4, -0.2) is 34.1 Å². The molecule has 0 bridgehead atoms. The van der Waals surface area contributed by atoms with E-state index in [1.165, 1.54) is 31.3 Å². The highest BCUT2D eigenvalue weighted by atomic mass is 16.5. The van der Waals surface area contributed by atoms with Crippen LogP contribution in [0.1, 0.15) is 78.2 Å². The van der Waals surface area contributed by atoms with E-state index in [0.29, 0.717) is 37.2 Å². The van der Waals surface area contributed by atoms with Gasteiger partial charge in [0.05, 0.1) is 24.4 Å². The van der Waals surface area contributed by atoms with Crippen molar-refractivity contribution in [2.45, 2.75) is 90.4 Å². The largest absolute Gasteiger partial charge is 0.493 e. The Morgan fingerprint density at radius 1 is 1.23 bits per heavy atom. The molecular weight excluding hydrogens is 436 g/mol. The fraction of sp³-hybridized carbons (Fsp3) is 0.613. The average Bonchev–Trinajstić information content (AvgIpc) is 3.16. The first kappa shape index (κ1) is 26.2. The number of allylic oxidation sites excluding steroid dienone is 3. The number of hydrogen-bond acceptors (Lipinski definition) is 4. The summed E-state index contributed by atoms with van der Waals surface area (Å²) in [5, 5.41) is 30.6. The van der Waals surface area contributed by atoms with Gasteiger partial charge in [0.15, 0.2) is 0 Å². The van der Waals surface area contributed by atoms with Gasteiger partial charge in [-0.05, 0) is 104 Å². The molecule has 35 heavy (non-hydrogen) atoms. The topological polar surface area (TPSA) is 69.9 Å². The second-order valence-electron chi connectivity index (χ2n) is 12.0. The van der Waals surface area contributed by atoms with E-state index in [1.54, 1.807) is 13.8 Å². The summed E-state index contributed by atoms with van der Waals surface area (Å²) in [6.07, 6.45) is 10.2. The van der Waals surface area contributed by atoms with Gasteiger partial charge in [0.1, 0.15) is 5.75 Å². The van der Waals surface area contributed by atoms with Crippen LogP contribution in [0.2, 0.25) is 0 Å². The zero-order valence-electron chi connectivity index (χ0n) is 22.0. The van der Waals surface area contributed by atoms with Gasteiger partial charge in [0.2, 0.25) is 0 Å². The molecule has 0 amide bonds. The number of ether oxygens (including phenoxy) is 1. The maximum Gasteiger partial charge on any atom is 0.119 e. The van der Waals surface area contributed by atoms with Crippen molar-refractivity contribution in [1.82, 2.24) is 0 Å². The lowest BCUT2D eigenvalue weighted by Gasteiger charge is -2.44. The molecule has 3 aliphatic rings. The minimum Gasteiger partial charge on any atom is -0.493 e. The Morgan fingerprint density at radius 2 is 2.00 bits per heavy atom. The van der Waals surface area contributed by atoms with E-state index >= 15 is 0 Å². The van der Waals surface area contributed by atoms with Crippen LogP contribution < -0.4 is 4.74 Å². The molecular formula is C31H44O4. The molecule has 1 aromatic carbocycles. The van der Waals surface area contributed by atoms with Gasteiger partial charge in [-0.1, -0.05) is 50.3 Å². The van der Waals surface area contributed by atoms with Gasteiger partial charge in [0.25, 0.3) is 0 Å². The van der Waals surface area contributed by atoms with E-state index in [-0.39, 0.29) is 5.41 Å². The van der Waals surface area contributed by atoms with Gasteiger partial charge in [-0.3, -0.25) is 0 Å². The Kier molecular flexibility index (Phi) is 7.66. The molecule has 4 rings (SSSR count). The number of aliphatic hydroxyl groups excluding tert-OH is 2. The monoisotopic (exact) mass is 480 g/mol. The number of hydrogen-bond donors (Lipinski definition) is 3. The Hall–Kier alpha value is -1.88. The molecule has 1 aromatic rings. The summed E-state index contributed by atoms with van der Waals surface area (Å²) in [5.74, 6) is 2.45. The van der Waals surface area contributed by atoms with Gasteiger partial charge < -0.3 is 20.1 Å². The Morgan fingerprint density at radius 3 is 2.74 bits per heavy atom. The lowest BCUT2D eigenvalue weighted by molar-refractivity contribution is 0.0727. The summed E-state index contributed by atoms with van der Waals surface area (Å²) in [5.41, 5.74) is 3.52. The van der Waals surface area contributed by atoms with Crippen LogP contribution in [0.15, 0.2) is 59.7 Å². The number of rotatable bonds is 6. The fourth-order valence-corrected chi connectivity index (χ4v) is 6.99. The summed E-state index contributed by atoms with van der Waals surface area (Å²) < 4.78 is 6.23. The highest BCUT2D eigenvalue weighted by molar-refractivity contribution is 5.38. The molecule has 3 aliphatic carbocycles. The minimum atomic E-state index is -0.878. The van der Waals surface area contributed by atoms with E-state index in [1.807, 2.05) is 24.3 Å². The highest BCUT2D eigenvalue weighted by Gasteiger charge is 2.50. The van der Waals surface area contributed by atoms with Crippen LogP contribution in [-0.2, 0) is 5.60 Å². The summed E-state index contributed by atoms with van der Waals surface area (Å²) in [7, 11) is 0. The predicted octanol–water partition coefficient (Wildman–Crippen LogP) is 6.07. The summed E-state index contributed by atoms with van der Waals surface area (Å²) in [4.78, 5) is 0. The lowest BCUT2D eigenvalue weighted by atomic mass is 9.61. The first-order valence-electron chi connectivity index (χ1n) is 13.4. The number of aliphatic hydroxyl groups is 3.